The maximum absolute atomic E-state index is 9.72. The van der Waals surface area contributed by atoms with Crippen LogP contribution >= 0.6 is 0 Å². The third kappa shape index (κ3) is 2.20. The van der Waals surface area contributed by atoms with Crippen LogP contribution in [0.5, 0.6) is 0 Å². The van der Waals surface area contributed by atoms with E-state index in [1.807, 2.05) is 27.7 Å². The number of hydrogen-bond acceptors (Lipinski definition) is 2. The number of hydrogen-bond donors (Lipinski definition) is 2. The molecule has 1 aliphatic carbocycles. The second-order valence-electron chi connectivity index (χ2n) is 5.38. The number of aliphatic hydroxyl groups excluding tert-OH is 1. The van der Waals surface area contributed by atoms with Crippen molar-refractivity contribution in [2.45, 2.75) is 52.2 Å². The lowest BCUT2D eigenvalue weighted by molar-refractivity contribution is 0.0392. The van der Waals surface area contributed by atoms with Crippen LogP contribution in [0, 0.1) is 11.3 Å². The van der Waals surface area contributed by atoms with E-state index in [0.717, 1.165) is 12.8 Å². The molecule has 0 aromatic carbocycles. The van der Waals surface area contributed by atoms with Gasteiger partial charge >= 0.3 is 0 Å². The molecule has 1 saturated carbocycles. The summed E-state index contributed by atoms with van der Waals surface area (Å²) in [5, 5.41) is 19.2. The highest BCUT2D eigenvalue weighted by molar-refractivity contribution is 5.01. The van der Waals surface area contributed by atoms with Crippen molar-refractivity contribution in [3.8, 4) is 0 Å². The average molecular weight is 172 g/mol. The zero-order chi connectivity index (χ0) is 9.57. The van der Waals surface area contributed by atoms with Crippen LogP contribution in [0.1, 0.15) is 40.5 Å². The second kappa shape index (κ2) is 2.71. The highest BCUT2D eigenvalue weighted by Crippen LogP contribution is 2.47. The maximum atomic E-state index is 9.72. The highest BCUT2D eigenvalue weighted by atomic mass is 16.3. The standard InChI is InChI=1S/C10H20O2/c1-9(2,3)8(11)5-7-6-10(7,4)12/h7-8,11-12H,5-6H2,1-4H3/t7-,8-,10+/m1/s1. The Morgan fingerprint density at radius 2 is 1.92 bits per heavy atom. The zero-order valence-corrected chi connectivity index (χ0v) is 8.46. The smallest absolute Gasteiger partial charge is 0.0653 e. The molecule has 0 unspecified atom stereocenters. The van der Waals surface area contributed by atoms with Crippen LogP contribution in [0.3, 0.4) is 0 Å². The Labute approximate surface area is 74.6 Å². The lowest BCUT2D eigenvalue weighted by Gasteiger charge is -2.26. The van der Waals surface area contributed by atoms with Crippen molar-refractivity contribution in [2.24, 2.45) is 11.3 Å². The zero-order valence-electron chi connectivity index (χ0n) is 8.46. The lowest BCUT2D eigenvalue weighted by atomic mass is 9.86. The number of aliphatic hydroxyl groups is 2. The molecule has 72 valence electrons. The SMILES string of the molecule is CC(C)(C)[C@H](O)C[C@@H]1C[C@]1(C)O. The van der Waals surface area contributed by atoms with Crippen molar-refractivity contribution in [3.05, 3.63) is 0 Å². The van der Waals surface area contributed by atoms with Crippen LogP contribution < -0.4 is 0 Å². The Morgan fingerprint density at radius 3 is 2.17 bits per heavy atom. The van der Waals surface area contributed by atoms with Crippen molar-refractivity contribution in [3.63, 3.8) is 0 Å². The monoisotopic (exact) mass is 172 g/mol. The molecular formula is C10H20O2. The minimum absolute atomic E-state index is 0.0569. The molecule has 0 spiro atoms. The van der Waals surface area contributed by atoms with Crippen molar-refractivity contribution in [1.29, 1.82) is 0 Å². The van der Waals surface area contributed by atoms with E-state index in [0.29, 0.717) is 5.92 Å². The first-order valence-corrected chi connectivity index (χ1v) is 4.64. The fraction of sp³-hybridized carbons (Fsp3) is 1.00. The number of rotatable bonds is 2. The van der Waals surface area contributed by atoms with E-state index in [2.05, 4.69) is 0 Å². The Morgan fingerprint density at radius 1 is 1.50 bits per heavy atom. The summed E-state index contributed by atoms with van der Waals surface area (Å²) in [4.78, 5) is 0. The van der Waals surface area contributed by atoms with Gasteiger partial charge < -0.3 is 10.2 Å². The first-order chi connectivity index (χ1) is 5.23. The molecule has 1 rings (SSSR count). The maximum Gasteiger partial charge on any atom is 0.0653 e. The first-order valence-electron chi connectivity index (χ1n) is 4.64. The molecule has 0 aliphatic heterocycles. The minimum Gasteiger partial charge on any atom is -0.393 e. The highest BCUT2D eigenvalue weighted by Gasteiger charge is 2.49. The van der Waals surface area contributed by atoms with Gasteiger partial charge in [0.15, 0.2) is 0 Å². The lowest BCUT2D eigenvalue weighted by Crippen LogP contribution is -2.27. The summed E-state index contributed by atoms with van der Waals surface area (Å²) in [5.74, 6) is 0.312. The molecule has 1 aliphatic rings. The van der Waals surface area contributed by atoms with Crippen LogP contribution in [-0.4, -0.2) is 21.9 Å². The van der Waals surface area contributed by atoms with Gasteiger partial charge in [-0.1, -0.05) is 20.8 Å². The van der Waals surface area contributed by atoms with Crippen molar-refractivity contribution in [2.75, 3.05) is 0 Å². The van der Waals surface area contributed by atoms with Gasteiger partial charge in [-0.2, -0.15) is 0 Å². The Hall–Kier alpha value is -0.0800. The van der Waals surface area contributed by atoms with Gasteiger partial charge in [0.1, 0.15) is 0 Å². The van der Waals surface area contributed by atoms with E-state index in [1.165, 1.54) is 0 Å². The van der Waals surface area contributed by atoms with Gasteiger partial charge in [0.2, 0.25) is 0 Å². The predicted octanol–water partition coefficient (Wildman–Crippen LogP) is 1.55. The van der Waals surface area contributed by atoms with Crippen LogP contribution in [0.4, 0.5) is 0 Å². The third-order valence-electron chi connectivity index (χ3n) is 2.89. The Kier molecular flexibility index (Phi) is 2.26. The van der Waals surface area contributed by atoms with Crippen molar-refractivity contribution in [1.82, 2.24) is 0 Å². The van der Waals surface area contributed by atoms with E-state index in [4.69, 9.17) is 0 Å². The Balaban J connectivity index is 2.34. The largest absolute Gasteiger partial charge is 0.393 e. The van der Waals surface area contributed by atoms with E-state index in [1.54, 1.807) is 0 Å². The molecule has 2 N–H and O–H groups in total. The van der Waals surface area contributed by atoms with Crippen molar-refractivity contribution >= 4 is 0 Å². The minimum atomic E-state index is -0.494. The molecule has 0 amide bonds. The molecule has 2 nitrogen and oxygen atoms in total. The van der Waals surface area contributed by atoms with Crippen molar-refractivity contribution < 1.29 is 10.2 Å². The molecule has 0 aromatic heterocycles. The van der Waals surface area contributed by atoms with E-state index in [9.17, 15) is 10.2 Å². The third-order valence-corrected chi connectivity index (χ3v) is 2.89. The molecule has 1 fully saturated rings. The summed E-state index contributed by atoms with van der Waals surface area (Å²) in [6, 6.07) is 0. The van der Waals surface area contributed by atoms with Gasteiger partial charge in [-0.15, -0.1) is 0 Å². The van der Waals surface area contributed by atoms with E-state index < -0.39 is 5.60 Å². The second-order valence-corrected chi connectivity index (χ2v) is 5.38. The van der Waals surface area contributed by atoms with Gasteiger partial charge in [-0.3, -0.25) is 0 Å². The molecule has 0 saturated heterocycles. The van der Waals surface area contributed by atoms with E-state index >= 15 is 0 Å². The van der Waals surface area contributed by atoms with Gasteiger partial charge in [0.25, 0.3) is 0 Å². The van der Waals surface area contributed by atoms with Crippen LogP contribution in [0.15, 0.2) is 0 Å². The topological polar surface area (TPSA) is 40.5 Å². The first kappa shape index (κ1) is 10.0. The van der Waals surface area contributed by atoms with Gasteiger partial charge in [-0.25, -0.2) is 0 Å². The normalized spacial score (nSPS) is 38.0. The van der Waals surface area contributed by atoms with Gasteiger partial charge in [-0.05, 0) is 31.1 Å². The van der Waals surface area contributed by atoms with Gasteiger partial charge in [0, 0.05) is 0 Å². The molecule has 0 bridgehead atoms. The van der Waals surface area contributed by atoms with E-state index in [-0.39, 0.29) is 11.5 Å². The summed E-state index contributed by atoms with van der Waals surface area (Å²) in [6.45, 7) is 7.91. The molecule has 3 atom stereocenters. The fourth-order valence-electron chi connectivity index (χ4n) is 1.40. The molecular weight excluding hydrogens is 152 g/mol. The molecule has 0 heterocycles. The van der Waals surface area contributed by atoms with Gasteiger partial charge in [0.05, 0.1) is 11.7 Å². The Bertz CT molecular complexity index is 167. The molecule has 2 heteroatoms. The fourth-order valence-corrected chi connectivity index (χ4v) is 1.40. The quantitative estimate of drug-likeness (QED) is 0.663. The molecule has 0 aromatic rings. The molecule has 12 heavy (non-hydrogen) atoms. The predicted molar refractivity (Wildman–Crippen MR) is 48.8 cm³/mol. The summed E-state index contributed by atoms with van der Waals surface area (Å²) >= 11 is 0. The summed E-state index contributed by atoms with van der Waals surface area (Å²) in [7, 11) is 0. The summed E-state index contributed by atoms with van der Waals surface area (Å²) < 4.78 is 0. The summed E-state index contributed by atoms with van der Waals surface area (Å²) in [6.07, 6.45) is 1.29. The average Bonchev–Trinajstić information content (AvgIpc) is 2.36. The molecule has 0 radical (unpaired) electrons. The van der Waals surface area contributed by atoms with Crippen LogP contribution in [0.25, 0.3) is 0 Å². The summed E-state index contributed by atoms with van der Waals surface area (Å²) in [5.41, 5.74) is -0.551. The van der Waals surface area contributed by atoms with Crippen LogP contribution in [-0.2, 0) is 0 Å². The van der Waals surface area contributed by atoms with Crippen LogP contribution in [0.2, 0.25) is 0 Å².